The smallest absolute Gasteiger partial charge is 0.223 e. The third kappa shape index (κ3) is 5.17. The fraction of sp³-hybridized carbons (Fsp3) is 0.917. The Morgan fingerprint density at radius 1 is 1.27 bits per heavy atom. The molecule has 1 rings (SSSR count). The topological polar surface area (TPSA) is 32.3 Å². The molecule has 0 radical (unpaired) electrons. The molecule has 0 atom stereocenters. The Morgan fingerprint density at radius 2 is 1.93 bits per heavy atom. The standard InChI is InChI=1S/C12H24N2O/c1-11(2)10-13-7-6-12(15)14-8-4-3-5-9-14/h11,13H,3-10H2,1-2H3. The van der Waals surface area contributed by atoms with Gasteiger partial charge in [-0.15, -0.1) is 0 Å². The molecule has 3 nitrogen and oxygen atoms in total. The lowest BCUT2D eigenvalue weighted by Gasteiger charge is -2.26. The summed E-state index contributed by atoms with van der Waals surface area (Å²) in [6, 6.07) is 0. The Labute approximate surface area is 93.2 Å². The van der Waals surface area contributed by atoms with Crippen LogP contribution in [-0.2, 0) is 4.79 Å². The van der Waals surface area contributed by atoms with Crippen LogP contribution in [0, 0.1) is 5.92 Å². The molecule has 0 aliphatic carbocycles. The number of rotatable bonds is 5. The monoisotopic (exact) mass is 212 g/mol. The molecule has 15 heavy (non-hydrogen) atoms. The third-order valence-corrected chi connectivity index (χ3v) is 2.78. The van der Waals surface area contributed by atoms with Gasteiger partial charge in [0.25, 0.3) is 0 Å². The molecular weight excluding hydrogens is 188 g/mol. The number of nitrogens with one attached hydrogen (secondary N) is 1. The second-order valence-electron chi connectivity index (χ2n) is 4.79. The van der Waals surface area contributed by atoms with Crippen molar-refractivity contribution in [3.63, 3.8) is 0 Å². The maximum Gasteiger partial charge on any atom is 0.223 e. The van der Waals surface area contributed by atoms with Crippen LogP contribution in [0.4, 0.5) is 0 Å². The number of hydrogen-bond donors (Lipinski definition) is 1. The molecule has 1 saturated heterocycles. The van der Waals surface area contributed by atoms with Crippen LogP contribution in [0.5, 0.6) is 0 Å². The molecule has 1 fully saturated rings. The van der Waals surface area contributed by atoms with Crippen molar-refractivity contribution in [2.24, 2.45) is 5.92 Å². The van der Waals surface area contributed by atoms with E-state index in [2.05, 4.69) is 19.2 Å². The lowest BCUT2D eigenvalue weighted by molar-refractivity contribution is -0.131. The van der Waals surface area contributed by atoms with Crippen LogP contribution in [0.15, 0.2) is 0 Å². The van der Waals surface area contributed by atoms with Gasteiger partial charge in [0.2, 0.25) is 5.91 Å². The molecule has 0 bridgehead atoms. The van der Waals surface area contributed by atoms with Gasteiger partial charge in [0, 0.05) is 26.1 Å². The van der Waals surface area contributed by atoms with E-state index < -0.39 is 0 Å². The summed E-state index contributed by atoms with van der Waals surface area (Å²) in [5, 5.41) is 3.31. The van der Waals surface area contributed by atoms with E-state index in [1.165, 1.54) is 19.3 Å². The largest absolute Gasteiger partial charge is 0.343 e. The number of carbonyl (C=O) groups is 1. The van der Waals surface area contributed by atoms with E-state index in [-0.39, 0.29) is 0 Å². The molecule has 0 aromatic carbocycles. The van der Waals surface area contributed by atoms with Gasteiger partial charge in [0.1, 0.15) is 0 Å². The summed E-state index contributed by atoms with van der Waals surface area (Å²) in [4.78, 5) is 13.7. The predicted molar refractivity (Wildman–Crippen MR) is 62.8 cm³/mol. The summed E-state index contributed by atoms with van der Waals surface area (Å²) in [6.07, 6.45) is 4.32. The van der Waals surface area contributed by atoms with Gasteiger partial charge in [0.15, 0.2) is 0 Å². The van der Waals surface area contributed by atoms with Gasteiger partial charge in [-0.2, -0.15) is 0 Å². The van der Waals surface area contributed by atoms with E-state index >= 15 is 0 Å². The van der Waals surface area contributed by atoms with Crippen molar-refractivity contribution in [2.75, 3.05) is 26.2 Å². The molecule has 3 heteroatoms. The number of likely N-dealkylation sites (tertiary alicyclic amines) is 1. The van der Waals surface area contributed by atoms with Crippen molar-refractivity contribution in [1.29, 1.82) is 0 Å². The Balaban J connectivity index is 2.07. The molecule has 0 spiro atoms. The molecule has 0 aromatic rings. The molecule has 1 amide bonds. The SMILES string of the molecule is CC(C)CNCCC(=O)N1CCCCC1. The predicted octanol–water partition coefficient (Wildman–Crippen LogP) is 1.63. The molecule has 1 N–H and O–H groups in total. The Kier molecular flexibility index (Phi) is 5.69. The van der Waals surface area contributed by atoms with Crippen LogP contribution in [0.3, 0.4) is 0 Å². The van der Waals surface area contributed by atoms with Gasteiger partial charge in [-0.25, -0.2) is 0 Å². The van der Waals surface area contributed by atoms with Gasteiger partial charge in [-0.3, -0.25) is 4.79 Å². The van der Waals surface area contributed by atoms with E-state index in [1.807, 2.05) is 4.90 Å². The van der Waals surface area contributed by atoms with Gasteiger partial charge >= 0.3 is 0 Å². The molecule has 88 valence electrons. The van der Waals surface area contributed by atoms with Gasteiger partial charge in [-0.05, 0) is 31.7 Å². The summed E-state index contributed by atoms with van der Waals surface area (Å²) in [5.41, 5.74) is 0. The molecule has 1 aliphatic rings. The molecule has 1 heterocycles. The van der Waals surface area contributed by atoms with Gasteiger partial charge in [0.05, 0.1) is 0 Å². The highest BCUT2D eigenvalue weighted by Gasteiger charge is 2.15. The van der Waals surface area contributed by atoms with Crippen LogP contribution in [0.25, 0.3) is 0 Å². The summed E-state index contributed by atoms with van der Waals surface area (Å²) in [6.45, 7) is 8.14. The lowest BCUT2D eigenvalue weighted by Crippen LogP contribution is -2.37. The minimum absolute atomic E-state index is 0.325. The van der Waals surface area contributed by atoms with Gasteiger partial charge in [-0.1, -0.05) is 13.8 Å². The van der Waals surface area contributed by atoms with Crippen molar-refractivity contribution in [3.8, 4) is 0 Å². The van der Waals surface area contributed by atoms with Crippen LogP contribution in [0.2, 0.25) is 0 Å². The highest BCUT2D eigenvalue weighted by Crippen LogP contribution is 2.09. The number of carbonyl (C=O) groups excluding carboxylic acids is 1. The first kappa shape index (κ1) is 12.5. The normalized spacial score (nSPS) is 17.1. The van der Waals surface area contributed by atoms with Crippen LogP contribution < -0.4 is 5.32 Å². The molecule has 0 saturated carbocycles. The summed E-state index contributed by atoms with van der Waals surface area (Å²) >= 11 is 0. The fourth-order valence-electron chi connectivity index (χ4n) is 1.89. The first-order valence-corrected chi connectivity index (χ1v) is 6.18. The van der Waals surface area contributed by atoms with E-state index in [4.69, 9.17) is 0 Å². The first-order valence-electron chi connectivity index (χ1n) is 6.18. The Hall–Kier alpha value is -0.570. The summed E-state index contributed by atoms with van der Waals surface area (Å²) < 4.78 is 0. The highest BCUT2D eigenvalue weighted by atomic mass is 16.2. The maximum atomic E-state index is 11.7. The lowest BCUT2D eigenvalue weighted by atomic mass is 10.1. The van der Waals surface area contributed by atoms with Crippen LogP contribution in [0.1, 0.15) is 39.5 Å². The molecule has 0 unspecified atom stereocenters. The zero-order valence-corrected chi connectivity index (χ0v) is 10.1. The minimum Gasteiger partial charge on any atom is -0.343 e. The van der Waals surface area contributed by atoms with Crippen molar-refractivity contribution in [3.05, 3.63) is 0 Å². The number of amides is 1. The minimum atomic E-state index is 0.325. The third-order valence-electron chi connectivity index (χ3n) is 2.78. The molecule has 0 aromatic heterocycles. The van der Waals surface area contributed by atoms with E-state index in [1.54, 1.807) is 0 Å². The van der Waals surface area contributed by atoms with E-state index in [9.17, 15) is 4.79 Å². The van der Waals surface area contributed by atoms with E-state index in [0.717, 1.165) is 26.2 Å². The summed E-state index contributed by atoms with van der Waals surface area (Å²) in [5.74, 6) is 0.987. The highest BCUT2D eigenvalue weighted by molar-refractivity contribution is 5.76. The number of piperidine rings is 1. The molecular formula is C12H24N2O. The Bertz CT molecular complexity index is 186. The van der Waals surface area contributed by atoms with Crippen molar-refractivity contribution < 1.29 is 4.79 Å². The number of hydrogen-bond acceptors (Lipinski definition) is 2. The van der Waals surface area contributed by atoms with Crippen LogP contribution >= 0.6 is 0 Å². The average Bonchev–Trinajstić information content (AvgIpc) is 2.25. The van der Waals surface area contributed by atoms with E-state index in [0.29, 0.717) is 18.2 Å². The average molecular weight is 212 g/mol. The maximum absolute atomic E-state index is 11.7. The Morgan fingerprint density at radius 3 is 2.53 bits per heavy atom. The second kappa shape index (κ2) is 6.83. The van der Waals surface area contributed by atoms with Crippen molar-refractivity contribution >= 4 is 5.91 Å². The fourth-order valence-corrected chi connectivity index (χ4v) is 1.89. The van der Waals surface area contributed by atoms with Gasteiger partial charge < -0.3 is 10.2 Å². The number of nitrogens with zero attached hydrogens (tertiary/aromatic N) is 1. The zero-order valence-electron chi connectivity index (χ0n) is 10.1. The molecule has 1 aliphatic heterocycles. The van der Waals surface area contributed by atoms with Crippen LogP contribution in [-0.4, -0.2) is 37.0 Å². The quantitative estimate of drug-likeness (QED) is 0.703. The second-order valence-corrected chi connectivity index (χ2v) is 4.79. The zero-order chi connectivity index (χ0) is 11.1. The van der Waals surface area contributed by atoms with Crippen molar-refractivity contribution in [1.82, 2.24) is 10.2 Å². The van der Waals surface area contributed by atoms with Crippen molar-refractivity contribution in [2.45, 2.75) is 39.5 Å². The summed E-state index contributed by atoms with van der Waals surface area (Å²) in [7, 11) is 0. The first-order chi connectivity index (χ1) is 7.20.